The second kappa shape index (κ2) is 3.77. The van der Waals surface area contributed by atoms with E-state index in [9.17, 15) is 0 Å². The van der Waals surface area contributed by atoms with Crippen LogP contribution in [0.4, 0.5) is 5.82 Å². The van der Waals surface area contributed by atoms with E-state index in [1.165, 1.54) is 5.56 Å². The minimum Gasteiger partial charge on any atom is -0.382 e. The Hall–Kier alpha value is -1.77. The van der Waals surface area contributed by atoms with E-state index in [0.717, 1.165) is 5.56 Å². The fraction of sp³-hybridized carbons (Fsp3) is 0.250. The van der Waals surface area contributed by atoms with Crippen LogP contribution in [0.1, 0.15) is 24.1 Å². The van der Waals surface area contributed by atoms with E-state index < -0.39 is 0 Å². The van der Waals surface area contributed by atoms with Gasteiger partial charge in [0.1, 0.15) is 5.82 Å². The van der Waals surface area contributed by atoms with Gasteiger partial charge in [-0.15, -0.1) is 0 Å². The molecule has 0 fully saturated rings. The second-order valence-corrected chi connectivity index (χ2v) is 3.76. The Morgan fingerprint density at radius 2 is 1.93 bits per heavy atom. The summed E-state index contributed by atoms with van der Waals surface area (Å²) in [4.78, 5) is 0. The molecular formula is C12H15N3. The highest BCUT2D eigenvalue weighted by atomic mass is 15.3. The fourth-order valence-electron chi connectivity index (χ4n) is 1.58. The van der Waals surface area contributed by atoms with E-state index >= 15 is 0 Å². The molecule has 0 radical (unpaired) electrons. The Morgan fingerprint density at radius 3 is 2.47 bits per heavy atom. The molecule has 1 atom stereocenters. The lowest BCUT2D eigenvalue weighted by Crippen LogP contribution is -2.07. The topological polar surface area (TPSA) is 43.8 Å². The first-order chi connectivity index (χ1) is 7.18. The molecule has 0 aliphatic heterocycles. The largest absolute Gasteiger partial charge is 0.382 e. The molecule has 0 amide bonds. The van der Waals surface area contributed by atoms with Gasteiger partial charge in [-0.25, -0.2) is 0 Å². The van der Waals surface area contributed by atoms with E-state index in [4.69, 9.17) is 5.73 Å². The summed E-state index contributed by atoms with van der Waals surface area (Å²) in [5.41, 5.74) is 7.99. The van der Waals surface area contributed by atoms with Gasteiger partial charge in [0.15, 0.2) is 0 Å². The third kappa shape index (κ3) is 1.86. The van der Waals surface area contributed by atoms with E-state index in [-0.39, 0.29) is 6.04 Å². The molecule has 0 bridgehead atoms. The summed E-state index contributed by atoms with van der Waals surface area (Å²) in [5.74, 6) is 0.609. The van der Waals surface area contributed by atoms with E-state index in [0.29, 0.717) is 5.82 Å². The van der Waals surface area contributed by atoms with Gasteiger partial charge in [-0.2, -0.15) is 5.10 Å². The predicted octanol–water partition coefficient (Wildman–Crippen LogP) is 2.38. The quantitative estimate of drug-likeness (QED) is 0.810. The number of hydrogen-bond donors (Lipinski definition) is 1. The SMILES string of the molecule is Cc1cn([C@H](C)c2ccccc2)nc1N. The maximum Gasteiger partial charge on any atom is 0.148 e. The molecule has 0 aliphatic rings. The maximum atomic E-state index is 5.72. The van der Waals surface area contributed by atoms with Crippen molar-refractivity contribution in [1.82, 2.24) is 9.78 Å². The van der Waals surface area contributed by atoms with Crippen molar-refractivity contribution >= 4 is 5.82 Å². The Bertz CT molecular complexity index is 426. The van der Waals surface area contributed by atoms with Crippen LogP contribution in [0, 0.1) is 6.92 Å². The number of hydrogen-bond acceptors (Lipinski definition) is 2. The summed E-state index contributed by atoms with van der Waals surface area (Å²) in [6.07, 6.45) is 1.98. The molecule has 1 aromatic heterocycles. The van der Waals surface area contributed by atoms with Crippen molar-refractivity contribution in [3.8, 4) is 0 Å². The van der Waals surface area contributed by atoms with Crippen LogP contribution in [-0.4, -0.2) is 9.78 Å². The Balaban J connectivity index is 2.32. The van der Waals surface area contributed by atoms with Crippen molar-refractivity contribution in [3.63, 3.8) is 0 Å². The summed E-state index contributed by atoms with van der Waals surface area (Å²) in [6, 6.07) is 10.5. The third-order valence-corrected chi connectivity index (χ3v) is 2.63. The second-order valence-electron chi connectivity index (χ2n) is 3.76. The van der Waals surface area contributed by atoms with Gasteiger partial charge in [-0.3, -0.25) is 4.68 Å². The summed E-state index contributed by atoms with van der Waals surface area (Å²) >= 11 is 0. The highest BCUT2D eigenvalue weighted by Crippen LogP contribution is 2.18. The van der Waals surface area contributed by atoms with E-state index in [2.05, 4.69) is 24.2 Å². The Morgan fingerprint density at radius 1 is 1.27 bits per heavy atom. The molecule has 2 aromatic rings. The van der Waals surface area contributed by atoms with Gasteiger partial charge in [0.05, 0.1) is 6.04 Å². The van der Waals surface area contributed by atoms with Crippen molar-refractivity contribution in [1.29, 1.82) is 0 Å². The van der Waals surface area contributed by atoms with Gasteiger partial charge in [0.25, 0.3) is 0 Å². The Kier molecular flexibility index (Phi) is 2.46. The monoisotopic (exact) mass is 201 g/mol. The summed E-state index contributed by atoms with van der Waals surface area (Å²) in [6.45, 7) is 4.08. The molecule has 2 N–H and O–H groups in total. The van der Waals surface area contributed by atoms with Crippen LogP contribution in [0.15, 0.2) is 36.5 Å². The first-order valence-electron chi connectivity index (χ1n) is 5.04. The molecule has 0 aliphatic carbocycles. The lowest BCUT2D eigenvalue weighted by atomic mass is 10.1. The molecule has 3 heteroatoms. The molecule has 0 saturated heterocycles. The van der Waals surface area contributed by atoms with Crippen molar-refractivity contribution in [3.05, 3.63) is 47.7 Å². The van der Waals surface area contributed by atoms with Crippen LogP contribution in [0.5, 0.6) is 0 Å². The number of rotatable bonds is 2. The van der Waals surface area contributed by atoms with Gasteiger partial charge in [-0.05, 0) is 19.4 Å². The molecule has 0 spiro atoms. The molecule has 0 saturated carbocycles. The molecule has 1 heterocycles. The van der Waals surface area contributed by atoms with Crippen LogP contribution < -0.4 is 5.73 Å². The zero-order valence-corrected chi connectivity index (χ0v) is 9.01. The lowest BCUT2D eigenvalue weighted by Gasteiger charge is -2.11. The van der Waals surface area contributed by atoms with Gasteiger partial charge < -0.3 is 5.73 Å². The standard InChI is InChI=1S/C12H15N3/c1-9-8-15(14-12(9)13)10(2)11-6-4-3-5-7-11/h3-8,10H,1-2H3,(H2,13,14)/t10-/m1/s1. The maximum absolute atomic E-state index is 5.72. The fourth-order valence-corrected chi connectivity index (χ4v) is 1.58. The first-order valence-corrected chi connectivity index (χ1v) is 5.04. The molecular weight excluding hydrogens is 186 g/mol. The smallest absolute Gasteiger partial charge is 0.148 e. The minimum atomic E-state index is 0.224. The van der Waals surface area contributed by atoms with Gasteiger partial charge in [0.2, 0.25) is 0 Å². The highest BCUT2D eigenvalue weighted by Gasteiger charge is 2.09. The number of benzene rings is 1. The predicted molar refractivity (Wildman–Crippen MR) is 61.6 cm³/mol. The van der Waals surface area contributed by atoms with Crippen molar-refractivity contribution in [2.24, 2.45) is 0 Å². The Labute approximate surface area is 89.5 Å². The number of anilines is 1. The van der Waals surface area contributed by atoms with Crippen LogP contribution in [0.25, 0.3) is 0 Å². The molecule has 0 unspecified atom stereocenters. The number of aromatic nitrogens is 2. The lowest BCUT2D eigenvalue weighted by molar-refractivity contribution is 0.566. The zero-order chi connectivity index (χ0) is 10.8. The first kappa shape index (κ1) is 9.77. The van der Waals surface area contributed by atoms with Crippen LogP contribution in [0.3, 0.4) is 0 Å². The normalized spacial score (nSPS) is 12.7. The van der Waals surface area contributed by atoms with Crippen molar-refractivity contribution < 1.29 is 0 Å². The average molecular weight is 201 g/mol. The molecule has 2 rings (SSSR count). The average Bonchev–Trinajstić information content (AvgIpc) is 2.59. The number of nitrogens with zero attached hydrogens (tertiary/aromatic N) is 2. The number of nitrogens with two attached hydrogens (primary N) is 1. The van der Waals surface area contributed by atoms with Crippen molar-refractivity contribution in [2.75, 3.05) is 5.73 Å². The van der Waals surface area contributed by atoms with Gasteiger partial charge >= 0.3 is 0 Å². The van der Waals surface area contributed by atoms with E-state index in [1.54, 1.807) is 0 Å². The van der Waals surface area contributed by atoms with Crippen molar-refractivity contribution in [2.45, 2.75) is 19.9 Å². The zero-order valence-electron chi connectivity index (χ0n) is 9.01. The molecule has 78 valence electrons. The van der Waals surface area contributed by atoms with E-state index in [1.807, 2.05) is 36.0 Å². The number of aryl methyl sites for hydroxylation is 1. The number of nitrogen functional groups attached to an aromatic ring is 1. The summed E-state index contributed by atoms with van der Waals surface area (Å²) < 4.78 is 1.90. The highest BCUT2D eigenvalue weighted by molar-refractivity contribution is 5.36. The molecule has 1 aromatic carbocycles. The summed E-state index contributed by atoms with van der Waals surface area (Å²) in [7, 11) is 0. The van der Waals surface area contributed by atoms with Gasteiger partial charge in [-0.1, -0.05) is 30.3 Å². The molecule has 3 nitrogen and oxygen atoms in total. The summed E-state index contributed by atoms with van der Waals surface area (Å²) in [5, 5.41) is 4.28. The van der Waals surface area contributed by atoms with Crippen LogP contribution in [0.2, 0.25) is 0 Å². The van der Waals surface area contributed by atoms with Crippen LogP contribution in [-0.2, 0) is 0 Å². The van der Waals surface area contributed by atoms with Gasteiger partial charge in [0, 0.05) is 11.8 Å². The molecule has 15 heavy (non-hydrogen) atoms. The minimum absolute atomic E-state index is 0.224. The third-order valence-electron chi connectivity index (χ3n) is 2.63. The van der Waals surface area contributed by atoms with Crippen LogP contribution >= 0.6 is 0 Å².